The largest absolute Gasteiger partial charge is 0.381 e. The van der Waals surface area contributed by atoms with Crippen molar-refractivity contribution in [2.24, 2.45) is 0 Å². The summed E-state index contributed by atoms with van der Waals surface area (Å²) in [7, 11) is 0. The molecule has 2 amide bonds. The lowest BCUT2D eigenvalue weighted by molar-refractivity contribution is -0.133. The van der Waals surface area contributed by atoms with Gasteiger partial charge in [-0.25, -0.2) is 0 Å². The number of hydrogen-bond donors (Lipinski definition) is 0. The third-order valence-corrected chi connectivity index (χ3v) is 7.39. The highest BCUT2D eigenvalue weighted by atomic mass is 16.5. The number of benzene rings is 2. The minimum absolute atomic E-state index is 0.0208. The zero-order chi connectivity index (χ0) is 25.6. The van der Waals surface area contributed by atoms with Crippen molar-refractivity contribution in [1.29, 1.82) is 0 Å². The van der Waals surface area contributed by atoms with Gasteiger partial charge in [-0.05, 0) is 49.4 Å². The van der Waals surface area contributed by atoms with E-state index in [4.69, 9.17) is 4.74 Å². The van der Waals surface area contributed by atoms with Gasteiger partial charge >= 0.3 is 0 Å². The van der Waals surface area contributed by atoms with E-state index >= 15 is 0 Å². The SMILES string of the molecule is CC(=O)N1CCCN(C2CCOCC2)CCCN(C(=O)Cn2nc3ccccc3n2)Cc2ccccc21. The van der Waals surface area contributed by atoms with Gasteiger partial charge in [0.1, 0.15) is 17.6 Å². The monoisotopic (exact) mass is 504 g/mol. The van der Waals surface area contributed by atoms with Gasteiger partial charge in [0.2, 0.25) is 11.8 Å². The van der Waals surface area contributed by atoms with Crippen LogP contribution in [-0.4, -0.2) is 82.0 Å². The Morgan fingerprint density at radius 3 is 2.24 bits per heavy atom. The average Bonchev–Trinajstić information content (AvgIpc) is 3.31. The van der Waals surface area contributed by atoms with Crippen molar-refractivity contribution in [2.75, 3.05) is 44.3 Å². The number of amides is 2. The van der Waals surface area contributed by atoms with E-state index in [-0.39, 0.29) is 18.4 Å². The van der Waals surface area contributed by atoms with E-state index in [0.717, 1.165) is 74.3 Å². The van der Waals surface area contributed by atoms with E-state index in [2.05, 4.69) is 15.1 Å². The molecule has 2 aliphatic heterocycles. The molecule has 0 saturated carbocycles. The summed E-state index contributed by atoms with van der Waals surface area (Å²) in [6, 6.07) is 16.1. The fourth-order valence-corrected chi connectivity index (χ4v) is 5.47. The first kappa shape index (κ1) is 25.4. The van der Waals surface area contributed by atoms with Crippen molar-refractivity contribution in [3.8, 4) is 0 Å². The Bertz CT molecular complexity index is 1190. The van der Waals surface area contributed by atoms with Crippen molar-refractivity contribution in [3.63, 3.8) is 0 Å². The fourth-order valence-electron chi connectivity index (χ4n) is 5.47. The van der Waals surface area contributed by atoms with Crippen LogP contribution in [0.4, 0.5) is 5.69 Å². The number of fused-ring (bicyclic) bond motifs is 2. The maximum absolute atomic E-state index is 13.6. The van der Waals surface area contributed by atoms with Crippen LogP contribution >= 0.6 is 0 Å². The number of ether oxygens (including phenoxy) is 1. The highest BCUT2D eigenvalue weighted by molar-refractivity contribution is 5.92. The first-order valence-electron chi connectivity index (χ1n) is 13.3. The summed E-state index contributed by atoms with van der Waals surface area (Å²) in [5.74, 6) is -0.00778. The molecular formula is C28H36N6O3. The van der Waals surface area contributed by atoms with Gasteiger partial charge in [0, 0.05) is 64.6 Å². The molecule has 0 spiro atoms. The molecule has 0 atom stereocenters. The first-order chi connectivity index (χ1) is 18.1. The topological polar surface area (TPSA) is 83.8 Å². The predicted molar refractivity (Wildman–Crippen MR) is 142 cm³/mol. The number of anilines is 1. The molecule has 3 aromatic rings. The molecular weight excluding hydrogens is 468 g/mol. The van der Waals surface area contributed by atoms with Crippen molar-refractivity contribution >= 4 is 28.5 Å². The highest BCUT2D eigenvalue weighted by Gasteiger charge is 2.25. The Morgan fingerprint density at radius 1 is 0.892 bits per heavy atom. The zero-order valence-corrected chi connectivity index (χ0v) is 21.6. The van der Waals surface area contributed by atoms with Crippen LogP contribution in [-0.2, 0) is 27.4 Å². The molecule has 37 heavy (non-hydrogen) atoms. The molecule has 0 N–H and O–H groups in total. The van der Waals surface area contributed by atoms with Gasteiger partial charge < -0.3 is 19.4 Å². The average molecular weight is 505 g/mol. The van der Waals surface area contributed by atoms with Crippen LogP contribution in [0.2, 0.25) is 0 Å². The van der Waals surface area contributed by atoms with E-state index in [9.17, 15) is 9.59 Å². The molecule has 0 unspecified atom stereocenters. The normalized spacial score (nSPS) is 18.7. The van der Waals surface area contributed by atoms with Crippen molar-refractivity contribution < 1.29 is 14.3 Å². The molecule has 3 heterocycles. The predicted octanol–water partition coefficient (Wildman–Crippen LogP) is 3.09. The maximum Gasteiger partial charge on any atom is 0.246 e. The molecule has 9 heteroatoms. The highest BCUT2D eigenvalue weighted by Crippen LogP contribution is 2.24. The van der Waals surface area contributed by atoms with E-state index in [0.29, 0.717) is 25.7 Å². The minimum atomic E-state index is -0.0286. The van der Waals surface area contributed by atoms with E-state index in [1.165, 1.54) is 4.80 Å². The Kier molecular flexibility index (Phi) is 8.11. The molecule has 5 rings (SSSR count). The number of rotatable bonds is 3. The van der Waals surface area contributed by atoms with Gasteiger partial charge in [-0.15, -0.1) is 0 Å². The Morgan fingerprint density at radius 2 is 1.54 bits per heavy atom. The van der Waals surface area contributed by atoms with Crippen molar-refractivity contribution in [2.45, 2.75) is 51.7 Å². The van der Waals surface area contributed by atoms with E-state index < -0.39 is 0 Å². The minimum Gasteiger partial charge on any atom is -0.381 e. The first-order valence-corrected chi connectivity index (χ1v) is 13.3. The van der Waals surface area contributed by atoms with Crippen LogP contribution in [0.1, 0.15) is 38.2 Å². The van der Waals surface area contributed by atoms with Gasteiger partial charge in [-0.1, -0.05) is 30.3 Å². The summed E-state index contributed by atoms with van der Waals surface area (Å²) >= 11 is 0. The number of nitrogens with zero attached hydrogens (tertiary/aromatic N) is 6. The van der Waals surface area contributed by atoms with E-state index in [1.807, 2.05) is 58.3 Å². The van der Waals surface area contributed by atoms with Crippen LogP contribution < -0.4 is 4.90 Å². The van der Waals surface area contributed by atoms with Gasteiger partial charge in [-0.2, -0.15) is 15.0 Å². The molecule has 196 valence electrons. The van der Waals surface area contributed by atoms with Gasteiger partial charge in [0.05, 0.1) is 0 Å². The molecule has 2 aromatic carbocycles. The smallest absolute Gasteiger partial charge is 0.246 e. The molecule has 0 bridgehead atoms. The summed E-state index contributed by atoms with van der Waals surface area (Å²) in [6.45, 7) is 6.86. The molecule has 0 aliphatic carbocycles. The van der Waals surface area contributed by atoms with E-state index in [1.54, 1.807) is 6.92 Å². The van der Waals surface area contributed by atoms with Crippen molar-refractivity contribution in [1.82, 2.24) is 24.8 Å². The second-order valence-corrected chi connectivity index (χ2v) is 9.92. The Hall–Kier alpha value is -3.30. The molecule has 1 aromatic heterocycles. The quantitative estimate of drug-likeness (QED) is 0.545. The van der Waals surface area contributed by atoms with Gasteiger partial charge in [-0.3, -0.25) is 9.59 Å². The lowest BCUT2D eigenvalue weighted by atomic mass is 10.1. The lowest BCUT2D eigenvalue weighted by Crippen LogP contribution is -2.44. The molecule has 9 nitrogen and oxygen atoms in total. The number of hydrogen-bond acceptors (Lipinski definition) is 6. The summed E-state index contributed by atoms with van der Waals surface area (Å²) < 4.78 is 5.60. The van der Waals surface area contributed by atoms with Gasteiger partial charge in [0.25, 0.3) is 0 Å². The Balaban J connectivity index is 1.40. The number of carbonyl (C=O) groups excluding carboxylic acids is 2. The fraction of sp³-hybridized carbons (Fsp3) is 0.500. The van der Waals surface area contributed by atoms with Gasteiger partial charge in [0.15, 0.2) is 0 Å². The molecule has 1 saturated heterocycles. The maximum atomic E-state index is 13.6. The van der Waals surface area contributed by atoms with Crippen LogP contribution in [0.15, 0.2) is 48.5 Å². The number of para-hydroxylation sites is 1. The third kappa shape index (κ3) is 6.17. The standard InChI is InChI=1S/C28H36N6O3/c1-22(35)33-17-7-15-31(24-12-18-37-19-13-24)14-6-16-32(20-23-8-2-5-11-27(23)33)28(36)21-34-29-25-9-3-4-10-26(25)30-34/h2-5,8-11,24H,6-7,12-21H2,1H3. The summed E-state index contributed by atoms with van der Waals surface area (Å²) in [5.41, 5.74) is 3.41. The summed E-state index contributed by atoms with van der Waals surface area (Å²) in [6.07, 6.45) is 3.85. The molecule has 0 radical (unpaired) electrons. The Labute approximate surface area is 218 Å². The second-order valence-electron chi connectivity index (χ2n) is 9.92. The summed E-state index contributed by atoms with van der Waals surface area (Å²) in [4.78, 5) is 34.1. The van der Waals surface area contributed by atoms with Crippen LogP contribution in [0.25, 0.3) is 11.0 Å². The number of carbonyl (C=O) groups is 2. The van der Waals surface area contributed by atoms with Crippen LogP contribution in [0, 0.1) is 0 Å². The number of aromatic nitrogens is 3. The lowest BCUT2D eigenvalue weighted by Gasteiger charge is -2.36. The van der Waals surface area contributed by atoms with Crippen molar-refractivity contribution in [3.05, 3.63) is 54.1 Å². The van der Waals surface area contributed by atoms with Crippen LogP contribution in [0.5, 0.6) is 0 Å². The van der Waals surface area contributed by atoms with Crippen LogP contribution in [0.3, 0.4) is 0 Å². The zero-order valence-electron chi connectivity index (χ0n) is 21.6. The molecule has 2 aliphatic rings. The third-order valence-electron chi connectivity index (χ3n) is 7.39. The second kappa shape index (κ2) is 11.8. The summed E-state index contributed by atoms with van der Waals surface area (Å²) in [5, 5.41) is 8.98. The molecule has 1 fully saturated rings.